The van der Waals surface area contributed by atoms with Crippen LogP contribution in [0.3, 0.4) is 0 Å². The molecule has 0 aromatic carbocycles. The predicted octanol–water partition coefficient (Wildman–Crippen LogP) is 1.43. The summed E-state index contributed by atoms with van der Waals surface area (Å²) in [5.41, 5.74) is 0. The molecule has 2 heterocycles. The van der Waals surface area contributed by atoms with Crippen molar-refractivity contribution < 1.29 is 0 Å². The first-order valence-corrected chi connectivity index (χ1v) is 5.45. The van der Waals surface area contributed by atoms with Crippen LogP contribution in [0.4, 0.5) is 0 Å². The van der Waals surface area contributed by atoms with Crippen LogP contribution in [-0.2, 0) is 6.42 Å². The highest BCUT2D eigenvalue weighted by molar-refractivity contribution is 4.99. The van der Waals surface area contributed by atoms with E-state index in [1.54, 1.807) is 0 Å². The molecule has 78 valence electrons. The molecule has 2 atom stereocenters. The first-order chi connectivity index (χ1) is 6.81. The van der Waals surface area contributed by atoms with Gasteiger partial charge in [-0.2, -0.15) is 5.10 Å². The molecule has 4 heteroatoms. The largest absolute Gasteiger partial charge is 0.307 e. The van der Waals surface area contributed by atoms with Crippen molar-refractivity contribution in [3.8, 4) is 0 Å². The Morgan fingerprint density at radius 3 is 3.00 bits per heavy atom. The van der Waals surface area contributed by atoms with Gasteiger partial charge in [0.2, 0.25) is 0 Å². The standard InChI is InChI=1S/C10H18N4/c1-3-8-12-10(14-13-8)9-7(2)5-4-6-11-9/h7,9,11H,3-6H2,1-2H3,(H,12,13,14). The first kappa shape index (κ1) is 9.65. The summed E-state index contributed by atoms with van der Waals surface area (Å²) in [5, 5.41) is 10.7. The van der Waals surface area contributed by atoms with Gasteiger partial charge in [-0.3, -0.25) is 5.10 Å². The van der Waals surface area contributed by atoms with Crippen molar-refractivity contribution in [3.63, 3.8) is 0 Å². The Labute approximate surface area is 84.5 Å². The summed E-state index contributed by atoms with van der Waals surface area (Å²) in [5.74, 6) is 2.57. The molecule has 2 unspecified atom stereocenters. The second-order valence-electron chi connectivity index (χ2n) is 4.05. The smallest absolute Gasteiger partial charge is 0.167 e. The molecule has 0 radical (unpaired) electrons. The normalized spacial score (nSPS) is 27.9. The molecule has 1 aliphatic heterocycles. The topological polar surface area (TPSA) is 53.6 Å². The van der Waals surface area contributed by atoms with Crippen molar-refractivity contribution in [3.05, 3.63) is 11.6 Å². The molecule has 2 rings (SSSR count). The number of hydrogen-bond acceptors (Lipinski definition) is 3. The lowest BCUT2D eigenvalue weighted by Gasteiger charge is -2.27. The minimum Gasteiger partial charge on any atom is -0.307 e. The summed E-state index contributed by atoms with van der Waals surface area (Å²) in [6, 6.07) is 0.347. The summed E-state index contributed by atoms with van der Waals surface area (Å²) in [6.45, 7) is 5.44. The van der Waals surface area contributed by atoms with E-state index in [0.29, 0.717) is 12.0 Å². The number of hydrogen-bond donors (Lipinski definition) is 2. The average Bonchev–Trinajstić information content (AvgIpc) is 2.67. The quantitative estimate of drug-likeness (QED) is 0.748. The van der Waals surface area contributed by atoms with Gasteiger partial charge in [-0.1, -0.05) is 13.8 Å². The molecule has 1 aromatic heterocycles. The van der Waals surface area contributed by atoms with E-state index in [1.165, 1.54) is 12.8 Å². The van der Waals surface area contributed by atoms with Crippen LogP contribution in [0.25, 0.3) is 0 Å². The highest BCUT2D eigenvalue weighted by Crippen LogP contribution is 2.26. The average molecular weight is 194 g/mol. The second-order valence-corrected chi connectivity index (χ2v) is 4.05. The van der Waals surface area contributed by atoms with Gasteiger partial charge in [0.1, 0.15) is 5.82 Å². The van der Waals surface area contributed by atoms with E-state index >= 15 is 0 Å². The van der Waals surface area contributed by atoms with Gasteiger partial charge in [0.15, 0.2) is 5.82 Å². The maximum absolute atomic E-state index is 4.47. The van der Waals surface area contributed by atoms with Crippen molar-refractivity contribution in [1.82, 2.24) is 20.5 Å². The molecular formula is C10H18N4. The number of aromatic amines is 1. The lowest BCUT2D eigenvalue weighted by atomic mass is 9.92. The fraction of sp³-hybridized carbons (Fsp3) is 0.800. The third-order valence-electron chi connectivity index (χ3n) is 2.93. The molecule has 14 heavy (non-hydrogen) atoms. The molecule has 1 aromatic rings. The van der Waals surface area contributed by atoms with Crippen LogP contribution in [0.2, 0.25) is 0 Å². The Morgan fingerprint density at radius 1 is 1.50 bits per heavy atom. The summed E-state index contributed by atoms with van der Waals surface area (Å²) in [4.78, 5) is 4.47. The van der Waals surface area contributed by atoms with E-state index in [4.69, 9.17) is 0 Å². The lowest BCUT2D eigenvalue weighted by Crippen LogP contribution is -2.33. The van der Waals surface area contributed by atoms with Crippen LogP contribution in [0, 0.1) is 5.92 Å². The Morgan fingerprint density at radius 2 is 2.36 bits per heavy atom. The second kappa shape index (κ2) is 4.09. The highest BCUT2D eigenvalue weighted by atomic mass is 15.2. The molecule has 1 fully saturated rings. The summed E-state index contributed by atoms with van der Waals surface area (Å²) in [6.07, 6.45) is 3.46. The zero-order chi connectivity index (χ0) is 9.97. The zero-order valence-corrected chi connectivity index (χ0v) is 8.88. The lowest BCUT2D eigenvalue weighted by molar-refractivity contribution is 0.295. The molecule has 1 saturated heterocycles. The summed E-state index contributed by atoms with van der Waals surface area (Å²) in [7, 11) is 0. The van der Waals surface area contributed by atoms with Gasteiger partial charge in [-0.05, 0) is 25.3 Å². The molecule has 0 amide bonds. The van der Waals surface area contributed by atoms with E-state index in [9.17, 15) is 0 Å². The maximum atomic E-state index is 4.47. The SMILES string of the molecule is CCc1nc(C2NCCCC2C)n[nH]1. The van der Waals surface area contributed by atoms with Crippen LogP contribution < -0.4 is 5.32 Å². The molecule has 2 N–H and O–H groups in total. The molecule has 0 spiro atoms. The highest BCUT2D eigenvalue weighted by Gasteiger charge is 2.25. The summed E-state index contributed by atoms with van der Waals surface area (Å²) < 4.78 is 0. The fourth-order valence-electron chi connectivity index (χ4n) is 2.00. The Kier molecular flexibility index (Phi) is 2.82. The van der Waals surface area contributed by atoms with Crippen LogP contribution >= 0.6 is 0 Å². The number of piperidine rings is 1. The summed E-state index contributed by atoms with van der Waals surface area (Å²) >= 11 is 0. The minimum atomic E-state index is 0.347. The van der Waals surface area contributed by atoms with E-state index < -0.39 is 0 Å². The molecule has 0 aliphatic carbocycles. The van der Waals surface area contributed by atoms with Crippen molar-refractivity contribution in [2.24, 2.45) is 5.92 Å². The van der Waals surface area contributed by atoms with E-state index in [-0.39, 0.29) is 0 Å². The molecule has 0 saturated carbocycles. The number of H-pyrrole nitrogens is 1. The minimum absolute atomic E-state index is 0.347. The van der Waals surface area contributed by atoms with Gasteiger partial charge in [-0.25, -0.2) is 4.98 Å². The van der Waals surface area contributed by atoms with Crippen molar-refractivity contribution in [1.29, 1.82) is 0 Å². The van der Waals surface area contributed by atoms with Gasteiger partial charge >= 0.3 is 0 Å². The zero-order valence-electron chi connectivity index (χ0n) is 8.88. The fourth-order valence-corrected chi connectivity index (χ4v) is 2.00. The Hall–Kier alpha value is -0.900. The Bertz CT molecular complexity index is 294. The molecule has 0 bridgehead atoms. The van der Waals surface area contributed by atoms with Gasteiger partial charge in [-0.15, -0.1) is 0 Å². The van der Waals surface area contributed by atoms with Crippen LogP contribution in [-0.4, -0.2) is 21.7 Å². The third-order valence-corrected chi connectivity index (χ3v) is 2.93. The third kappa shape index (κ3) is 1.80. The Balaban J connectivity index is 2.12. The van der Waals surface area contributed by atoms with Crippen molar-refractivity contribution in [2.45, 2.75) is 39.2 Å². The first-order valence-electron chi connectivity index (χ1n) is 5.45. The number of nitrogens with one attached hydrogen (secondary N) is 2. The molecule has 1 aliphatic rings. The molecule has 4 nitrogen and oxygen atoms in total. The monoisotopic (exact) mass is 194 g/mol. The van der Waals surface area contributed by atoms with Crippen molar-refractivity contribution >= 4 is 0 Å². The van der Waals surface area contributed by atoms with Gasteiger partial charge < -0.3 is 5.32 Å². The number of aryl methyl sites for hydroxylation is 1. The number of rotatable bonds is 2. The number of nitrogens with zero attached hydrogens (tertiary/aromatic N) is 2. The number of aromatic nitrogens is 3. The van der Waals surface area contributed by atoms with E-state index in [2.05, 4.69) is 34.3 Å². The van der Waals surface area contributed by atoms with Crippen molar-refractivity contribution in [2.75, 3.05) is 6.54 Å². The van der Waals surface area contributed by atoms with E-state index in [1.807, 2.05) is 0 Å². The van der Waals surface area contributed by atoms with E-state index in [0.717, 1.165) is 24.6 Å². The predicted molar refractivity (Wildman–Crippen MR) is 54.9 cm³/mol. The maximum Gasteiger partial charge on any atom is 0.167 e. The van der Waals surface area contributed by atoms with Gasteiger partial charge in [0.25, 0.3) is 0 Å². The van der Waals surface area contributed by atoms with Crippen LogP contribution in [0.15, 0.2) is 0 Å². The van der Waals surface area contributed by atoms with Crippen LogP contribution in [0.1, 0.15) is 44.4 Å². The molecular weight excluding hydrogens is 176 g/mol. The van der Waals surface area contributed by atoms with Gasteiger partial charge in [0.05, 0.1) is 6.04 Å². The van der Waals surface area contributed by atoms with Gasteiger partial charge in [0, 0.05) is 6.42 Å². The van der Waals surface area contributed by atoms with Crippen LogP contribution in [0.5, 0.6) is 0 Å².